The fraction of sp³-hybridized carbons (Fsp3) is 0.667. The van der Waals surface area contributed by atoms with Crippen LogP contribution in [0.1, 0.15) is 0 Å². The highest BCUT2D eigenvalue weighted by molar-refractivity contribution is 5.77. The minimum absolute atomic E-state index is 0.105. The van der Waals surface area contributed by atoms with Gasteiger partial charge in [-0.05, 0) is 0 Å². The second kappa shape index (κ2) is 6.21. The van der Waals surface area contributed by atoms with E-state index in [9.17, 15) is 9.59 Å². The first-order valence-corrected chi connectivity index (χ1v) is 3.78. The van der Waals surface area contributed by atoms with Gasteiger partial charge in [0.2, 0.25) is 0 Å². The summed E-state index contributed by atoms with van der Waals surface area (Å²) in [5.41, 5.74) is 10.2. The second-order valence-corrected chi connectivity index (χ2v) is 2.37. The fourth-order valence-corrected chi connectivity index (χ4v) is 0.538. The average molecular weight is 190 g/mol. The van der Waals surface area contributed by atoms with Gasteiger partial charge in [0.25, 0.3) is 0 Å². The van der Waals surface area contributed by atoms with Crippen LogP contribution >= 0.6 is 0 Å². The number of nitrogens with one attached hydrogen (secondary N) is 2. The van der Waals surface area contributed by atoms with Crippen molar-refractivity contribution >= 4 is 12.0 Å². The Labute approximate surface area is 75.5 Å². The zero-order valence-electron chi connectivity index (χ0n) is 7.12. The van der Waals surface area contributed by atoms with E-state index in [1.165, 1.54) is 0 Å². The third-order valence-corrected chi connectivity index (χ3v) is 1.23. The molecule has 0 spiro atoms. The highest BCUT2D eigenvalue weighted by Gasteiger charge is 2.11. The van der Waals surface area contributed by atoms with Crippen molar-refractivity contribution < 1.29 is 14.7 Å². The molecule has 0 heterocycles. The quantitative estimate of drug-likeness (QED) is 0.331. The topological polar surface area (TPSA) is 130 Å². The molecule has 0 saturated carbocycles. The second-order valence-electron chi connectivity index (χ2n) is 2.37. The summed E-state index contributed by atoms with van der Waals surface area (Å²) in [6, 6.07) is -1.55. The molecule has 0 rings (SSSR count). The van der Waals surface area contributed by atoms with Crippen LogP contribution in [0.2, 0.25) is 0 Å². The van der Waals surface area contributed by atoms with Crippen molar-refractivity contribution in [3.63, 3.8) is 0 Å². The Balaban J connectivity index is 3.52. The zero-order valence-corrected chi connectivity index (χ0v) is 7.12. The molecular weight excluding hydrogens is 176 g/mol. The van der Waals surface area contributed by atoms with Gasteiger partial charge in [0.1, 0.15) is 6.04 Å². The van der Waals surface area contributed by atoms with E-state index in [1.54, 1.807) is 0 Å². The Bertz CT molecular complexity index is 185. The number of rotatable bonds is 5. The van der Waals surface area contributed by atoms with Gasteiger partial charge in [0, 0.05) is 19.6 Å². The van der Waals surface area contributed by atoms with E-state index in [1.807, 2.05) is 0 Å². The lowest BCUT2D eigenvalue weighted by Gasteiger charge is -2.08. The van der Waals surface area contributed by atoms with Gasteiger partial charge < -0.3 is 27.2 Å². The third-order valence-electron chi connectivity index (χ3n) is 1.23. The van der Waals surface area contributed by atoms with Crippen molar-refractivity contribution in [3.05, 3.63) is 0 Å². The van der Waals surface area contributed by atoms with Gasteiger partial charge in [-0.3, -0.25) is 4.79 Å². The van der Waals surface area contributed by atoms with Crippen LogP contribution in [-0.4, -0.2) is 42.8 Å². The number of urea groups is 1. The molecule has 0 radical (unpaired) electrons. The van der Waals surface area contributed by atoms with Gasteiger partial charge in [-0.2, -0.15) is 0 Å². The molecule has 7 heteroatoms. The number of aliphatic carboxylic acids is 1. The zero-order chi connectivity index (χ0) is 10.3. The Morgan fingerprint density at radius 2 is 2.00 bits per heavy atom. The van der Waals surface area contributed by atoms with Crippen molar-refractivity contribution in [2.24, 2.45) is 11.5 Å². The monoisotopic (exact) mass is 190 g/mol. The Morgan fingerprint density at radius 3 is 2.46 bits per heavy atom. The molecule has 0 fully saturated rings. The van der Waals surface area contributed by atoms with Crippen LogP contribution in [0, 0.1) is 0 Å². The van der Waals surface area contributed by atoms with Crippen molar-refractivity contribution in [2.75, 3.05) is 19.6 Å². The number of amides is 2. The highest BCUT2D eigenvalue weighted by atomic mass is 16.4. The van der Waals surface area contributed by atoms with E-state index < -0.39 is 18.0 Å². The molecule has 0 bridgehead atoms. The third kappa shape index (κ3) is 5.88. The molecule has 2 amide bonds. The van der Waals surface area contributed by atoms with E-state index in [0.29, 0.717) is 13.1 Å². The molecule has 1 atom stereocenters. The number of carbonyl (C=O) groups is 2. The fourth-order valence-electron chi connectivity index (χ4n) is 0.538. The summed E-state index contributed by atoms with van der Waals surface area (Å²) in [7, 11) is 0. The van der Waals surface area contributed by atoms with Gasteiger partial charge in [-0.15, -0.1) is 0 Å². The van der Waals surface area contributed by atoms with Crippen LogP contribution in [0.15, 0.2) is 0 Å². The summed E-state index contributed by atoms with van der Waals surface area (Å²) >= 11 is 0. The summed E-state index contributed by atoms with van der Waals surface area (Å²) in [5, 5.41) is 13.0. The van der Waals surface area contributed by atoms with Gasteiger partial charge in [0.05, 0.1) is 0 Å². The maximum atomic E-state index is 10.8. The molecule has 7 N–H and O–H groups in total. The summed E-state index contributed by atoms with van der Waals surface area (Å²) in [4.78, 5) is 21.0. The lowest BCUT2D eigenvalue weighted by Crippen LogP contribution is -2.46. The van der Waals surface area contributed by atoms with Crippen LogP contribution in [-0.2, 0) is 4.79 Å². The van der Waals surface area contributed by atoms with Gasteiger partial charge >= 0.3 is 12.0 Å². The van der Waals surface area contributed by atoms with Crippen molar-refractivity contribution in [2.45, 2.75) is 6.04 Å². The summed E-state index contributed by atoms with van der Waals surface area (Å²) in [5.74, 6) is -1.15. The molecular formula is C6H14N4O3. The Hall–Kier alpha value is -1.34. The van der Waals surface area contributed by atoms with Crippen LogP contribution in [0.5, 0.6) is 0 Å². The van der Waals surface area contributed by atoms with Gasteiger partial charge in [0.15, 0.2) is 0 Å². The minimum Gasteiger partial charge on any atom is -0.480 e. The lowest BCUT2D eigenvalue weighted by molar-refractivity contribution is -0.138. The SMILES string of the molecule is NCCNC(=O)NC[C@H](N)C(=O)O. The molecule has 0 aromatic rings. The summed E-state index contributed by atoms with van der Waals surface area (Å²) < 4.78 is 0. The predicted molar refractivity (Wildman–Crippen MR) is 46.1 cm³/mol. The van der Waals surface area contributed by atoms with E-state index in [0.717, 1.165) is 0 Å². The van der Waals surface area contributed by atoms with E-state index in [2.05, 4.69) is 10.6 Å². The molecule has 76 valence electrons. The average Bonchev–Trinajstić information content (AvgIpc) is 2.10. The first-order valence-electron chi connectivity index (χ1n) is 3.78. The summed E-state index contributed by atoms with van der Waals surface area (Å²) in [6.45, 7) is 0.568. The molecule has 0 aliphatic rings. The molecule has 0 unspecified atom stereocenters. The van der Waals surface area contributed by atoms with Crippen LogP contribution in [0.25, 0.3) is 0 Å². The number of hydrogen-bond acceptors (Lipinski definition) is 4. The maximum absolute atomic E-state index is 10.8. The molecule has 0 saturated heterocycles. The molecule has 0 aliphatic carbocycles. The molecule has 0 aromatic heterocycles. The maximum Gasteiger partial charge on any atom is 0.322 e. The van der Waals surface area contributed by atoms with Gasteiger partial charge in [-0.25, -0.2) is 4.79 Å². The number of carboxylic acid groups (broad SMARTS) is 1. The van der Waals surface area contributed by atoms with Crippen LogP contribution in [0.3, 0.4) is 0 Å². The van der Waals surface area contributed by atoms with E-state index in [-0.39, 0.29) is 6.54 Å². The van der Waals surface area contributed by atoms with Crippen LogP contribution < -0.4 is 22.1 Å². The number of nitrogens with two attached hydrogens (primary N) is 2. The van der Waals surface area contributed by atoms with Crippen LogP contribution in [0.4, 0.5) is 4.79 Å². The smallest absolute Gasteiger partial charge is 0.322 e. The Kier molecular flexibility index (Phi) is 5.57. The van der Waals surface area contributed by atoms with Crippen molar-refractivity contribution in [3.8, 4) is 0 Å². The number of hydrogen-bond donors (Lipinski definition) is 5. The number of carboxylic acids is 1. The largest absolute Gasteiger partial charge is 0.480 e. The van der Waals surface area contributed by atoms with E-state index >= 15 is 0 Å². The lowest BCUT2D eigenvalue weighted by atomic mass is 10.3. The Morgan fingerprint density at radius 1 is 1.38 bits per heavy atom. The van der Waals surface area contributed by atoms with Gasteiger partial charge in [-0.1, -0.05) is 0 Å². The first-order chi connectivity index (χ1) is 6.07. The van der Waals surface area contributed by atoms with Crippen molar-refractivity contribution in [1.82, 2.24) is 10.6 Å². The predicted octanol–water partition coefficient (Wildman–Crippen LogP) is -2.34. The standard InChI is InChI=1S/C6H14N4O3/c7-1-2-9-6(13)10-3-4(8)5(11)12/h4H,1-3,7-8H2,(H,11,12)(H2,9,10,13)/t4-/m0/s1. The first kappa shape index (κ1) is 11.7. The number of carbonyl (C=O) groups excluding carboxylic acids is 1. The highest BCUT2D eigenvalue weighted by Crippen LogP contribution is 1.75. The molecule has 7 nitrogen and oxygen atoms in total. The van der Waals surface area contributed by atoms with Crippen molar-refractivity contribution in [1.29, 1.82) is 0 Å². The summed E-state index contributed by atoms with van der Waals surface area (Å²) in [6.07, 6.45) is 0. The normalized spacial score (nSPS) is 11.8. The molecule has 0 aliphatic heterocycles. The molecule has 0 aromatic carbocycles. The minimum atomic E-state index is -1.15. The van der Waals surface area contributed by atoms with E-state index in [4.69, 9.17) is 16.6 Å². The molecule has 13 heavy (non-hydrogen) atoms.